The van der Waals surface area contributed by atoms with Crippen molar-refractivity contribution in [3.8, 4) is 6.07 Å². The molecule has 1 rings (SSSR count). The van der Waals surface area contributed by atoms with E-state index in [1.807, 2.05) is 19.9 Å². The zero-order chi connectivity index (χ0) is 13.0. The van der Waals surface area contributed by atoms with Crippen LogP contribution >= 0.6 is 22.9 Å². The predicted octanol–water partition coefficient (Wildman–Crippen LogP) is 1.99. The number of rotatable bonds is 4. The van der Waals surface area contributed by atoms with Crippen molar-refractivity contribution in [2.75, 3.05) is 5.32 Å². The molecule has 1 aromatic heterocycles. The first-order chi connectivity index (χ1) is 7.93. The lowest BCUT2D eigenvalue weighted by Crippen LogP contribution is -2.40. The largest absolute Gasteiger partial charge is 0.352 e. The van der Waals surface area contributed by atoms with E-state index in [2.05, 4.69) is 15.6 Å². The molecule has 0 bridgehead atoms. The summed E-state index contributed by atoms with van der Waals surface area (Å²) in [6.07, 6.45) is 0. The fourth-order valence-corrected chi connectivity index (χ4v) is 2.13. The second-order valence-corrected chi connectivity index (χ2v) is 5.14. The van der Waals surface area contributed by atoms with E-state index < -0.39 is 6.04 Å². The van der Waals surface area contributed by atoms with Crippen LogP contribution in [0.5, 0.6) is 0 Å². The van der Waals surface area contributed by atoms with Crippen LogP contribution in [-0.4, -0.2) is 23.0 Å². The van der Waals surface area contributed by atoms with Crippen LogP contribution in [0.4, 0.5) is 5.13 Å². The number of carbonyl (C=O) groups excluding carboxylic acids is 1. The number of carbonyl (C=O) groups is 1. The highest BCUT2D eigenvalue weighted by atomic mass is 35.5. The molecule has 1 amide bonds. The molecule has 2 N–H and O–H groups in total. The third-order valence-corrected chi connectivity index (χ3v) is 3.13. The van der Waals surface area contributed by atoms with Crippen LogP contribution in [0.25, 0.3) is 0 Å². The van der Waals surface area contributed by atoms with Gasteiger partial charge in [-0.3, -0.25) is 4.79 Å². The van der Waals surface area contributed by atoms with Gasteiger partial charge < -0.3 is 10.6 Å². The van der Waals surface area contributed by atoms with Crippen molar-refractivity contribution in [2.45, 2.75) is 32.9 Å². The summed E-state index contributed by atoms with van der Waals surface area (Å²) in [5.74, 6) is -0.121. The van der Waals surface area contributed by atoms with E-state index in [0.29, 0.717) is 10.0 Å². The molecule has 0 fully saturated rings. The zero-order valence-corrected chi connectivity index (χ0v) is 11.3. The standard InChI is InChI=1S/C10H13ClN4OS/c1-5(2)13-9(16)6(3)14-10-15-8(11)7(4-12)17-10/h5-6H,1-3H3,(H,13,16)(H,14,15). The first-order valence-corrected chi connectivity index (χ1v) is 6.26. The van der Waals surface area contributed by atoms with Crippen molar-refractivity contribution in [3.05, 3.63) is 10.0 Å². The Labute approximate surface area is 109 Å². The van der Waals surface area contributed by atoms with E-state index in [0.717, 1.165) is 11.3 Å². The summed E-state index contributed by atoms with van der Waals surface area (Å²) >= 11 is 6.86. The second kappa shape index (κ2) is 5.84. The molecule has 1 atom stereocenters. The molecular weight excluding hydrogens is 260 g/mol. The van der Waals surface area contributed by atoms with Crippen molar-refractivity contribution in [1.29, 1.82) is 5.26 Å². The smallest absolute Gasteiger partial charge is 0.242 e. The number of aromatic nitrogens is 1. The number of hydrogen-bond acceptors (Lipinski definition) is 5. The Kier molecular flexibility index (Phi) is 4.73. The van der Waals surface area contributed by atoms with E-state index in [9.17, 15) is 4.79 Å². The van der Waals surface area contributed by atoms with Gasteiger partial charge in [0, 0.05) is 6.04 Å². The number of thiazole rings is 1. The molecule has 0 saturated heterocycles. The molecule has 17 heavy (non-hydrogen) atoms. The van der Waals surface area contributed by atoms with Crippen LogP contribution < -0.4 is 10.6 Å². The topological polar surface area (TPSA) is 77.8 Å². The predicted molar refractivity (Wildman–Crippen MR) is 68.2 cm³/mol. The molecule has 0 spiro atoms. The molecule has 0 saturated carbocycles. The van der Waals surface area contributed by atoms with Gasteiger partial charge in [-0.25, -0.2) is 4.98 Å². The van der Waals surface area contributed by atoms with E-state index in [1.165, 1.54) is 0 Å². The highest BCUT2D eigenvalue weighted by Gasteiger charge is 2.16. The Morgan fingerprint density at radius 2 is 2.18 bits per heavy atom. The van der Waals surface area contributed by atoms with Gasteiger partial charge in [0.25, 0.3) is 0 Å². The van der Waals surface area contributed by atoms with Gasteiger partial charge in [-0.1, -0.05) is 22.9 Å². The minimum absolute atomic E-state index is 0.0845. The van der Waals surface area contributed by atoms with Gasteiger partial charge in [0.05, 0.1) is 0 Å². The quantitative estimate of drug-likeness (QED) is 0.879. The van der Waals surface area contributed by atoms with Gasteiger partial charge in [-0.2, -0.15) is 5.26 Å². The minimum atomic E-state index is -0.425. The lowest BCUT2D eigenvalue weighted by molar-refractivity contribution is -0.122. The van der Waals surface area contributed by atoms with Gasteiger partial charge in [-0.15, -0.1) is 0 Å². The monoisotopic (exact) mass is 272 g/mol. The Hall–Kier alpha value is -1.32. The highest BCUT2D eigenvalue weighted by molar-refractivity contribution is 7.16. The molecule has 1 heterocycles. The van der Waals surface area contributed by atoms with Gasteiger partial charge in [0.1, 0.15) is 17.0 Å². The molecule has 0 aromatic carbocycles. The molecule has 92 valence electrons. The Balaban J connectivity index is 2.65. The van der Waals surface area contributed by atoms with Crippen LogP contribution in [0.2, 0.25) is 5.15 Å². The molecule has 7 heteroatoms. The Morgan fingerprint density at radius 1 is 1.53 bits per heavy atom. The molecule has 1 aromatic rings. The normalized spacial score (nSPS) is 12.0. The number of nitriles is 1. The maximum atomic E-state index is 11.6. The van der Waals surface area contributed by atoms with Crippen molar-refractivity contribution in [1.82, 2.24) is 10.3 Å². The fourth-order valence-electron chi connectivity index (χ4n) is 1.09. The van der Waals surface area contributed by atoms with E-state index in [1.54, 1.807) is 6.92 Å². The van der Waals surface area contributed by atoms with Crippen LogP contribution in [0.1, 0.15) is 25.6 Å². The van der Waals surface area contributed by atoms with Crippen LogP contribution in [0, 0.1) is 11.3 Å². The van der Waals surface area contributed by atoms with Gasteiger partial charge in [0.2, 0.25) is 5.91 Å². The summed E-state index contributed by atoms with van der Waals surface area (Å²) in [6.45, 7) is 5.50. The number of anilines is 1. The second-order valence-electron chi connectivity index (χ2n) is 3.78. The highest BCUT2D eigenvalue weighted by Crippen LogP contribution is 2.26. The first-order valence-electron chi connectivity index (χ1n) is 5.07. The number of amides is 1. The van der Waals surface area contributed by atoms with Gasteiger partial charge in [0.15, 0.2) is 10.3 Å². The van der Waals surface area contributed by atoms with Gasteiger partial charge in [-0.05, 0) is 20.8 Å². The lowest BCUT2D eigenvalue weighted by Gasteiger charge is -2.15. The third-order valence-electron chi connectivity index (χ3n) is 1.85. The fraction of sp³-hybridized carbons (Fsp3) is 0.500. The number of nitrogens with zero attached hydrogens (tertiary/aromatic N) is 2. The SMILES string of the molecule is CC(C)NC(=O)C(C)Nc1nc(Cl)c(C#N)s1. The van der Waals surface area contributed by atoms with Gasteiger partial charge >= 0.3 is 0 Å². The summed E-state index contributed by atoms with van der Waals surface area (Å²) in [7, 11) is 0. The lowest BCUT2D eigenvalue weighted by atomic mass is 10.3. The van der Waals surface area contributed by atoms with Crippen molar-refractivity contribution in [3.63, 3.8) is 0 Å². The van der Waals surface area contributed by atoms with Crippen LogP contribution in [0.15, 0.2) is 0 Å². The summed E-state index contributed by atoms with van der Waals surface area (Å²) < 4.78 is 0. The molecule has 5 nitrogen and oxygen atoms in total. The maximum absolute atomic E-state index is 11.6. The van der Waals surface area contributed by atoms with Crippen molar-refractivity contribution < 1.29 is 4.79 Å². The van der Waals surface area contributed by atoms with E-state index in [-0.39, 0.29) is 17.1 Å². The molecule has 0 aliphatic carbocycles. The summed E-state index contributed by atoms with van der Waals surface area (Å²) in [5, 5.41) is 15.0. The summed E-state index contributed by atoms with van der Waals surface area (Å²) in [5.41, 5.74) is 0. The van der Waals surface area contributed by atoms with Crippen LogP contribution in [0.3, 0.4) is 0 Å². The molecule has 0 aliphatic rings. The van der Waals surface area contributed by atoms with E-state index in [4.69, 9.17) is 16.9 Å². The van der Waals surface area contributed by atoms with Crippen molar-refractivity contribution >= 4 is 34.0 Å². The average molecular weight is 273 g/mol. The maximum Gasteiger partial charge on any atom is 0.242 e. The van der Waals surface area contributed by atoms with Crippen LogP contribution in [-0.2, 0) is 4.79 Å². The minimum Gasteiger partial charge on any atom is -0.352 e. The molecular formula is C10H13ClN4OS. The Bertz CT molecular complexity index is 452. The average Bonchev–Trinajstić information content (AvgIpc) is 2.57. The summed E-state index contributed by atoms with van der Waals surface area (Å²) in [6, 6.07) is 1.59. The molecule has 0 radical (unpaired) electrons. The Morgan fingerprint density at radius 3 is 2.65 bits per heavy atom. The van der Waals surface area contributed by atoms with Crippen molar-refractivity contribution in [2.24, 2.45) is 0 Å². The number of hydrogen-bond donors (Lipinski definition) is 2. The summed E-state index contributed by atoms with van der Waals surface area (Å²) in [4.78, 5) is 15.9. The number of halogens is 1. The number of nitrogens with one attached hydrogen (secondary N) is 2. The first kappa shape index (κ1) is 13.7. The molecule has 0 aliphatic heterocycles. The third kappa shape index (κ3) is 3.88. The molecule has 1 unspecified atom stereocenters. The zero-order valence-electron chi connectivity index (χ0n) is 9.74. The van der Waals surface area contributed by atoms with E-state index >= 15 is 0 Å².